The first-order chi connectivity index (χ1) is 18.2. The van der Waals surface area contributed by atoms with Gasteiger partial charge in [-0.3, -0.25) is 4.79 Å². The smallest absolute Gasteiger partial charge is 0.248 e. The van der Waals surface area contributed by atoms with Crippen molar-refractivity contribution < 1.29 is 22.5 Å². The molecule has 38 heavy (non-hydrogen) atoms. The van der Waals surface area contributed by atoms with E-state index in [9.17, 15) is 13.2 Å². The highest BCUT2D eigenvalue weighted by atomic mass is 32.2. The minimum Gasteiger partial charge on any atom is -0.490 e. The lowest BCUT2D eigenvalue weighted by Crippen LogP contribution is -2.48. The van der Waals surface area contributed by atoms with Crippen LogP contribution >= 0.6 is 0 Å². The molecule has 0 bridgehead atoms. The van der Waals surface area contributed by atoms with Gasteiger partial charge in [-0.05, 0) is 75.4 Å². The van der Waals surface area contributed by atoms with E-state index in [1.165, 1.54) is 9.87 Å². The number of benzene rings is 2. The first kappa shape index (κ1) is 26.2. The fourth-order valence-electron chi connectivity index (χ4n) is 5.52. The lowest BCUT2D eigenvalue weighted by atomic mass is 9.97. The van der Waals surface area contributed by atoms with Crippen LogP contribution in [0.1, 0.15) is 46.5 Å². The van der Waals surface area contributed by atoms with E-state index in [0.717, 1.165) is 22.4 Å². The summed E-state index contributed by atoms with van der Waals surface area (Å²) in [7, 11) is -3.94. The number of anilines is 1. The monoisotopic (exact) mass is 535 g/mol. The van der Waals surface area contributed by atoms with Crippen molar-refractivity contribution in [3.8, 4) is 5.75 Å². The molecule has 8 nitrogen and oxygen atoms in total. The summed E-state index contributed by atoms with van der Waals surface area (Å²) in [5.74, 6) is 0.343. The maximum absolute atomic E-state index is 13.9. The number of ether oxygens (including phenoxy) is 1. The van der Waals surface area contributed by atoms with Crippen molar-refractivity contribution >= 4 is 33.8 Å². The lowest BCUT2D eigenvalue weighted by Gasteiger charge is -2.36. The molecule has 1 saturated heterocycles. The van der Waals surface area contributed by atoms with Crippen molar-refractivity contribution in [2.24, 2.45) is 5.92 Å². The molecule has 3 aromatic rings. The lowest BCUT2D eigenvalue weighted by molar-refractivity contribution is -0.123. The summed E-state index contributed by atoms with van der Waals surface area (Å²) in [6, 6.07) is 11.6. The fourth-order valence-corrected chi connectivity index (χ4v) is 7.30. The van der Waals surface area contributed by atoms with Crippen LogP contribution < -0.4 is 9.64 Å². The summed E-state index contributed by atoms with van der Waals surface area (Å²) in [4.78, 5) is 15.3. The van der Waals surface area contributed by atoms with Crippen molar-refractivity contribution in [3.63, 3.8) is 0 Å². The van der Waals surface area contributed by atoms with Gasteiger partial charge in [0.25, 0.3) is 0 Å². The van der Waals surface area contributed by atoms with Gasteiger partial charge in [0.15, 0.2) is 10.7 Å². The van der Waals surface area contributed by atoms with Gasteiger partial charge in [-0.1, -0.05) is 41.1 Å². The van der Waals surface area contributed by atoms with E-state index >= 15 is 0 Å². The number of aromatic nitrogens is 1. The average molecular weight is 536 g/mol. The van der Waals surface area contributed by atoms with Crippen LogP contribution in [0.25, 0.3) is 12.2 Å². The Hall–Kier alpha value is -3.43. The number of carbonyl (C=O) groups excluding carboxylic acids is 1. The van der Waals surface area contributed by atoms with Gasteiger partial charge in [-0.15, -0.1) is 0 Å². The van der Waals surface area contributed by atoms with Crippen molar-refractivity contribution in [1.82, 2.24) is 9.46 Å². The zero-order chi connectivity index (χ0) is 27.0. The van der Waals surface area contributed by atoms with Gasteiger partial charge in [-0.25, -0.2) is 8.42 Å². The summed E-state index contributed by atoms with van der Waals surface area (Å²) in [5.41, 5.74) is 5.42. The molecule has 1 fully saturated rings. The molecule has 1 amide bonds. The minimum atomic E-state index is -3.94. The maximum atomic E-state index is 13.9. The maximum Gasteiger partial charge on any atom is 0.248 e. The Balaban J connectivity index is 1.40. The first-order valence-electron chi connectivity index (χ1n) is 12.9. The minimum absolute atomic E-state index is 0.0565. The second kappa shape index (κ2) is 10.4. The molecule has 2 aliphatic heterocycles. The number of nitrogens with zero attached hydrogens (tertiary/aromatic N) is 3. The number of sulfonamides is 1. The summed E-state index contributed by atoms with van der Waals surface area (Å²) in [6.45, 7) is 9.05. The fraction of sp³-hybridized carbons (Fsp3) is 0.379. The Morgan fingerprint density at radius 1 is 1.05 bits per heavy atom. The predicted octanol–water partition coefficient (Wildman–Crippen LogP) is 4.90. The van der Waals surface area contributed by atoms with Gasteiger partial charge in [0, 0.05) is 13.1 Å². The quantitative estimate of drug-likeness (QED) is 0.461. The predicted molar refractivity (Wildman–Crippen MR) is 147 cm³/mol. The van der Waals surface area contributed by atoms with Crippen LogP contribution in [0.5, 0.6) is 5.75 Å². The van der Waals surface area contributed by atoms with Crippen molar-refractivity contribution in [2.75, 3.05) is 31.1 Å². The van der Waals surface area contributed by atoms with E-state index < -0.39 is 15.9 Å². The number of para-hydroxylation sites is 2. The molecular weight excluding hydrogens is 502 g/mol. The van der Waals surface area contributed by atoms with E-state index in [2.05, 4.69) is 17.3 Å². The van der Waals surface area contributed by atoms with Gasteiger partial charge in [0.2, 0.25) is 15.9 Å². The molecule has 9 heteroatoms. The second-order valence-electron chi connectivity index (χ2n) is 10.1. The molecule has 2 aromatic carbocycles. The van der Waals surface area contributed by atoms with Gasteiger partial charge < -0.3 is 14.2 Å². The van der Waals surface area contributed by atoms with Crippen LogP contribution in [0, 0.1) is 33.6 Å². The first-order valence-corrected chi connectivity index (χ1v) is 14.4. The molecule has 0 radical (unpaired) electrons. The molecule has 0 aliphatic carbocycles. The number of amides is 1. The summed E-state index contributed by atoms with van der Waals surface area (Å²) in [5, 5.41) is 3.98. The zero-order valence-electron chi connectivity index (χ0n) is 22.2. The molecule has 1 aromatic heterocycles. The molecule has 200 valence electrons. The highest BCUT2D eigenvalue weighted by Crippen LogP contribution is 2.35. The number of piperidine rings is 1. The number of hydrogen-bond donors (Lipinski definition) is 0. The third-order valence-electron chi connectivity index (χ3n) is 7.30. The van der Waals surface area contributed by atoms with Crippen molar-refractivity contribution in [2.45, 2.75) is 45.4 Å². The Kier molecular flexibility index (Phi) is 7.15. The molecule has 2 aliphatic rings. The zero-order valence-corrected chi connectivity index (χ0v) is 23.0. The number of hydrogen-bond acceptors (Lipinski definition) is 6. The van der Waals surface area contributed by atoms with Crippen LogP contribution in [-0.4, -0.2) is 50.0 Å². The largest absolute Gasteiger partial charge is 0.490 e. The average Bonchev–Trinajstić information content (AvgIpc) is 3.28. The Labute approximate surface area is 223 Å². The number of carbonyl (C=O) groups is 1. The highest BCUT2D eigenvalue weighted by molar-refractivity contribution is 7.89. The Morgan fingerprint density at radius 2 is 1.79 bits per heavy atom. The molecule has 3 heterocycles. The third-order valence-corrected chi connectivity index (χ3v) is 9.32. The van der Waals surface area contributed by atoms with E-state index in [4.69, 9.17) is 9.26 Å². The summed E-state index contributed by atoms with van der Waals surface area (Å²) >= 11 is 0. The SMILES string of the molecule is Cc1cc(C)c(C=Cc2onc(C)c2S(=O)(=O)N2CCCC(C(=O)N3CCOc4ccccc43)C2)c(C)c1. The van der Waals surface area contributed by atoms with E-state index in [1.54, 1.807) is 17.9 Å². The topological polar surface area (TPSA) is 93.0 Å². The molecular formula is C29H33N3O5S. The van der Waals surface area contributed by atoms with Crippen LogP contribution in [0.4, 0.5) is 5.69 Å². The molecule has 0 spiro atoms. The van der Waals surface area contributed by atoms with Crippen molar-refractivity contribution in [1.29, 1.82) is 0 Å². The molecule has 0 saturated carbocycles. The second-order valence-corrected chi connectivity index (χ2v) is 12.0. The Bertz CT molecular complexity index is 1490. The highest BCUT2D eigenvalue weighted by Gasteiger charge is 2.39. The van der Waals surface area contributed by atoms with Gasteiger partial charge in [-0.2, -0.15) is 4.31 Å². The van der Waals surface area contributed by atoms with E-state index in [1.807, 2.05) is 51.1 Å². The van der Waals surface area contributed by atoms with E-state index in [0.29, 0.717) is 44.0 Å². The summed E-state index contributed by atoms with van der Waals surface area (Å²) < 4.78 is 40.3. The van der Waals surface area contributed by atoms with Gasteiger partial charge >= 0.3 is 0 Å². The van der Waals surface area contributed by atoms with E-state index in [-0.39, 0.29) is 23.1 Å². The van der Waals surface area contributed by atoms with Crippen LogP contribution in [0.2, 0.25) is 0 Å². The van der Waals surface area contributed by atoms with Crippen LogP contribution in [-0.2, 0) is 14.8 Å². The summed E-state index contributed by atoms with van der Waals surface area (Å²) in [6.07, 6.45) is 4.78. The number of aryl methyl sites for hydroxylation is 4. The van der Waals surface area contributed by atoms with Gasteiger partial charge in [0.1, 0.15) is 18.1 Å². The molecule has 1 unspecified atom stereocenters. The normalized spacial score (nSPS) is 18.4. The molecule has 0 N–H and O–H groups in total. The third kappa shape index (κ3) is 4.88. The number of fused-ring (bicyclic) bond motifs is 1. The van der Waals surface area contributed by atoms with Crippen LogP contribution in [0.3, 0.4) is 0 Å². The molecule has 1 atom stereocenters. The number of rotatable bonds is 5. The molecule has 5 rings (SSSR count). The standard InChI is InChI=1S/C29H33N3O5S/c1-19-16-20(2)24(21(3)17-19)11-12-27-28(22(4)30-37-27)38(34,35)31-13-7-8-23(18-31)29(33)32-14-15-36-26-10-6-5-9-25(26)32/h5-6,9-12,16-17,23H,7-8,13-15,18H2,1-4H3. The van der Waals surface area contributed by atoms with Gasteiger partial charge in [0.05, 0.1) is 18.2 Å². The van der Waals surface area contributed by atoms with Crippen LogP contribution in [0.15, 0.2) is 45.8 Å². The Morgan fingerprint density at radius 3 is 2.55 bits per heavy atom. The van der Waals surface area contributed by atoms with Crippen molar-refractivity contribution in [3.05, 3.63) is 70.1 Å².